The van der Waals surface area contributed by atoms with E-state index in [4.69, 9.17) is 14.2 Å². The van der Waals surface area contributed by atoms with Crippen molar-refractivity contribution in [2.24, 2.45) is 4.99 Å². The Balaban J connectivity index is 1.58. The van der Waals surface area contributed by atoms with E-state index < -0.39 is 15.9 Å². The second kappa shape index (κ2) is 10.9. The second-order valence-electron chi connectivity index (χ2n) is 7.64. The number of fused-ring (bicyclic) bond motifs is 1. The Bertz CT molecular complexity index is 1540. The van der Waals surface area contributed by atoms with Gasteiger partial charge in [0.15, 0.2) is 4.80 Å². The zero-order chi connectivity index (χ0) is 25.7. The maximum atomic E-state index is 12.9. The Morgan fingerprint density at radius 1 is 0.944 bits per heavy atom. The van der Waals surface area contributed by atoms with Gasteiger partial charge in [-0.2, -0.15) is 4.99 Å². The van der Waals surface area contributed by atoms with E-state index in [0.717, 1.165) is 10.2 Å². The van der Waals surface area contributed by atoms with E-state index in [0.29, 0.717) is 40.7 Å². The number of carbonyl (C=O) groups is 1. The van der Waals surface area contributed by atoms with Gasteiger partial charge < -0.3 is 18.8 Å². The van der Waals surface area contributed by atoms with Gasteiger partial charge in [0.1, 0.15) is 11.5 Å². The van der Waals surface area contributed by atoms with E-state index in [1.54, 1.807) is 26.4 Å². The Morgan fingerprint density at radius 3 is 2.25 bits per heavy atom. The molecule has 3 aromatic carbocycles. The lowest BCUT2D eigenvalue weighted by Crippen LogP contribution is -2.19. The van der Waals surface area contributed by atoms with Crippen LogP contribution < -0.4 is 19.0 Å². The van der Waals surface area contributed by atoms with Gasteiger partial charge in [-0.1, -0.05) is 11.3 Å². The number of nitrogens with one attached hydrogen (secondary N) is 1. The van der Waals surface area contributed by atoms with E-state index in [-0.39, 0.29) is 4.90 Å². The third-order valence-corrected chi connectivity index (χ3v) is 7.80. The quantitative estimate of drug-likeness (QED) is 0.354. The molecule has 0 fully saturated rings. The molecule has 0 saturated carbocycles. The fourth-order valence-corrected chi connectivity index (χ4v) is 5.61. The van der Waals surface area contributed by atoms with E-state index in [9.17, 15) is 13.2 Å². The van der Waals surface area contributed by atoms with Gasteiger partial charge in [-0.15, -0.1) is 0 Å². The number of anilines is 1. The lowest BCUT2D eigenvalue weighted by Gasteiger charge is -2.09. The summed E-state index contributed by atoms with van der Waals surface area (Å²) in [7, 11) is 0.931. The summed E-state index contributed by atoms with van der Waals surface area (Å²) in [4.78, 5) is 17.9. The van der Waals surface area contributed by atoms with Crippen molar-refractivity contribution in [2.45, 2.75) is 11.4 Å². The van der Waals surface area contributed by atoms with Gasteiger partial charge in [0, 0.05) is 24.9 Å². The normalized spacial score (nSPS) is 12.0. The van der Waals surface area contributed by atoms with Crippen LogP contribution in [0.15, 0.2) is 76.6 Å². The fraction of sp³-hybridized carbons (Fsp3) is 0.200. The number of sulfonamides is 1. The molecule has 9 nitrogen and oxygen atoms in total. The van der Waals surface area contributed by atoms with Crippen LogP contribution in [0.4, 0.5) is 5.69 Å². The monoisotopic (exact) mass is 527 g/mol. The highest BCUT2D eigenvalue weighted by atomic mass is 32.2. The van der Waals surface area contributed by atoms with Crippen molar-refractivity contribution in [3.05, 3.63) is 77.1 Å². The molecule has 0 radical (unpaired) electrons. The summed E-state index contributed by atoms with van der Waals surface area (Å²) in [6.07, 6.45) is 0. The molecule has 0 atom stereocenters. The minimum atomic E-state index is -3.79. The lowest BCUT2D eigenvalue weighted by atomic mass is 10.2. The molecule has 188 valence electrons. The number of thiazole rings is 1. The van der Waals surface area contributed by atoms with Crippen molar-refractivity contribution >= 4 is 43.2 Å². The molecule has 4 rings (SSSR count). The van der Waals surface area contributed by atoms with Crippen LogP contribution in [0.1, 0.15) is 10.4 Å². The number of aromatic nitrogens is 1. The number of ether oxygens (including phenoxy) is 3. The van der Waals surface area contributed by atoms with Crippen LogP contribution in [0.25, 0.3) is 10.2 Å². The van der Waals surface area contributed by atoms with Crippen molar-refractivity contribution in [1.82, 2.24) is 4.57 Å². The third kappa shape index (κ3) is 5.59. The molecule has 0 aliphatic heterocycles. The molecule has 11 heteroatoms. The minimum absolute atomic E-state index is 0.0976. The molecule has 0 aliphatic rings. The van der Waals surface area contributed by atoms with Gasteiger partial charge in [0.25, 0.3) is 15.9 Å². The van der Waals surface area contributed by atoms with Crippen LogP contribution in [0.2, 0.25) is 0 Å². The molecule has 1 heterocycles. The highest BCUT2D eigenvalue weighted by molar-refractivity contribution is 7.92. The first-order valence-electron chi connectivity index (χ1n) is 10.9. The first-order chi connectivity index (χ1) is 17.3. The number of nitrogens with zero attached hydrogens (tertiary/aromatic N) is 2. The summed E-state index contributed by atoms with van der Waals surface area (Å²) in [6.45, 7) is 0.989. The molecular formula is C25H25N3O6S2. The van der Waals surface area contributed by atoms with Crippen molar-refractivity contribution < 1.29 is 27.4 Å². The summed E-state index contributed by atoms with van der Waals surface area (Å²) in [6, 6.07) is 17.9. The molecule has 0 saturated heterocycles. The largest absolute Gasteiger partial charge is 0.497 e. The summed E-state index contributed by atoms with van der Waals surface area (Å²) in [5.74, 6) is 0.833. The van der Waals surface area contributed by atoms with E-state index in [2.05, 4.69) is 9.71 Å². The number of rotatable bonds is 9. The molecular weight excluding hydrogens is 502 g/mol. The van der Waals surface area contributed by atoms with Crippen molar-refractivity contribution in [1.29, 1.82) is 0 Å². The van der Waals surface area contributed by atoms with Crippen LogP contribution in [0.5, 0.6) is 11.5 Å². The first kappa shape index (κ1) is 25.4. The zero-order valence-electron chi connectivity index (χ0n) is 19.9. The molecule has 4 aromatic rings. The number of amides is 1. The maximum Gasteiger partial charge on any atom is 0.279 e. The summed E-state index contributed by atoms with van der Waals surface area (Å²) >= 11 is 1.38. The predicted molar refractivity (Wildman–Crippen MR) is 138 cm³/mol. The highest BCUT2D eigenvalue weighted by Gasteiger charge is 2.15. The summed E-state index contributed by atoms with van der Waals surface area (Å²) in [5.41, 5.74) is 1.58. The van der Waals surface area contributed by atoms with E-state index >= 15 is 0 Å². The van der Waals surface area contributed by atoms with Gasteiger partial charge >= 0.3 is 0 Å². The van der Waals surface area contributed by atoms with Crippen LogP contribution >= 0.6 is 11.3 Å². The Kier molecular flexibility index (Phi) is 7.73. The van der Waals surface area contributed by atoms with Gasteiger partial charge in [-0.05, 0) is 66.7 Å². The number of benzene rings is 3. The smallest absolute Gasteiger partial charge is 0.279 e. The Morgan fingerprint density at radius 2 is 1.61 bits per heavy atom. The Labute approximate surface area is 212 Å². The molecule has 1 N–H and O–H groups in total. The predicted octanol–water partition coefficient (Wildman–Crippen LogP) is 3.91. The van der Waals surface area contributed by atoms with E-state index in [1.807, 2.05) is 22.8 Å². The van der Waals surface area contributed by atoms with Crippen LogP contribution in [-0.4, -0.2) is 46.8 Å². The number of methoxy groups -OCH3 is 3. The van der Waals surface area contributed by atoms with E-state index in [1.165, 1.54) is 54.8 Å². The third-order valence-electron chi connectivity index (χ3n) is 5.36. The number of carbonyl (C=O) groups excluding carboxylic acids is 1. The standard InChI is InChI=1S/C25H25N3O6S2/c1-32-15-14-28-22-13-10-20(34-3)16-23(22)35-25(28)26-24(29)17-4-6-18(7-5-17)27-36(30,31)21-11-8-19(33-2)9-12-21/h4-13,16,27H,14-15H2,1-3H3. The molecule has 1 aromatic heterocycles. The van der Waals surface area contributed by atoms with Gasteiger partial charge in [-0.3, -0.25) is 9.52 Å². The van der Waals surface area contributed by atoms with Gasteiger partial charge in [-0.25, -0.2) is 8.42 Å². The Hall–Kier alpha value is -3.67. The topological polar surface area (TPSA) is 108 Å². The zero-order valence-corrected chi connectivity index (χ0v) is 21.6. The molecule has 36 heavy (non-hydrogen) atoms. The lowest BCUT2D eigenvalue weighted by molar-refractivity contribution is 0.0997. The minimum Gasteiger partial charge on any atom is -0.497 e. The van der Waals surface area contributed by atoms with Crippen molar-refractivity contribution in [3.8, 4) is 11.5 Å². The number of hydrogen-bond donors (Lipinski definition) is 1. The molecule has 0 spiro atoms. The van der Waals surface area contributed by atoms with Crippen LogP contribution in [0, 0.1) is 0 Å². The molecule has 0 unspecified atom stereocenters. The highest BCUT2D eigenvalue weighted by Crippen LogP contribution is 2.24. The average Bonchev–Trinajstić information content (AvgIpc) is 3.23. The molecule has 1 amide bonds. The second-order valence-corrected chi connectivity index (χ2v) is 10.3. The SMILES string of the molecule is COCCn1c(=NC(=O)c2ccc(NS(=O)(=O)c3ccc(OC)cc3)cc2)sc2cc(OC)ccc21. The molecule has 0 bridgehead atoms. The van der Waals surface area contributed by atoms with Crippen molar-refractivity contribution in [2.75, 3.05) is 32.7 Å². The maximum absolute atomic E-state index is 12.9. The van der Waals surface area contributed by atoms with Gasteiger partial charge in [0.2, 0.25) is 0 Å². The number of hydrogen-bond acceptors (Lipinski definition) is 7. The first-order valence-corrected chi connectivity index (χ1v) is 13.2. The van der Waals surface area contributed by atoms with Crippen molar-refractivity contribution in [3.63, 3.8) is 0 Å². The van der Waals surface area contributed by atoms with Crippen LogP contribution in [-0.2, 0) is 21.3 Å². The summed E-state index contributed by atoms with van der Waals surface area (Å²) in [5, 5.41) is 0. The molecule has 0 aliphatic carbocycles. The van der Waals surface area contributed by atoms with Crippen LogP contribution in [0.3, 0.4) is 0 Å². The van der Waals surface area contributed by atoms with Gasteiger partial charge in [0.05, 0.1) is 35.9 Å². The summed E-state index contributed by atoms with van der Waals surface area (Å²) < 4.78 is 46.3. The average molecular weight is 528 g/mol. The fourth-order valence-electron chi connectivity index (χ4n) is 3.47.